The van der Waals surface area contributed by atoms with Crippen molar-refractivity contribution in [3.05, 3.63) is 94.5 Å². The third-order valence-corrected chi connectivity index (χ3v) is 8.34. The summed E-state index contributed by atoms with van der Waals surface area (Å²) in [6, 6.07) is 21.0. The summed E-state index contributed by atoms with van der Waals surface area (Å²) in [4.78, 5) is 28.9. The molecule has 0 aliphatic heterocycles. The van der Waals surface area contributed by atoms with E-state index < -0.39 is 34.1 Å². The highest BCUT2D eigenvalue weighted by Crippen LogP contribution is 2.30. The average Bonchev–Trinajstić information content (AvgIpc) is 2.88. The van der Waals surface area contributed by atoms with Crippen molar-refractivity contribution in [3.63, 3.8) is 0 Å². The summed E-state index contributed by atoms with van der Waals surface area (Å²) in [5.74, 6) is -0.831. The van der Waals surface area contributed by atoms with Crippen molar-refractivity contribution in [2.45, 2.75) is 57.0 Å². The molecule has 0 aliphatic carbocycles. The van der Waals surface area contributed by atoms with Crippen molar-refractivity contribution in [3.8, 4) is 0 Å². The molecule has 0 radical (unpaired) electrons. The second-order valence-electron chi connectivity index (χ2n) is 10.4. The minimum Gasteiger partial charge on any atom is -0.350 e. The number of halogens is 2. The summed E-state index contributed by atoms with van der Waals surface area (Å²) in [6.45, 7) is 7.09. The first-order chi connectivity index (χ1) is 18.8. The van der Waals surface area contributed by atoms with Crippen molar-refractivity contribution < 1.29 is 18.0 Å². The van der Waals surface area contributed by atoms with Crippen molar-refractivity contribution in [1.82, 2.24) is 10.2 Å². The predicted octanol–water partition coefficient (Wildman–Crippen LogP) is 5.95. The molecule has 0 heterocycles. The molecule has 0 spiro atoms. The van der Waals surface area contributed by atoms with E-state index in [0.717, 1.165) is 9.87 Å². The fraction of sp³-hybridized carbons (Fsp3) is 0.333. The first-order valence-corrected chi connectivity index (χ1v) is 15.2. The van der Waals surface area contributed by atoms with Gasteiger partial charge in [-0.3, -0.25) is 13.9 Å². The predicted molar refractivity (Wildman–Crippen MR) is 161 cm³/mol. The molecule has 3 aromatic rings. The third kappa shape index (κ3) is 8.46. The number of nitrogens with one attached hydrogen (secondary N) is 1. The maximum atomic E-state index is 14.0. The van der Waals surface area contributed by atoms with Gasteiger partial charge in [0.15, 0.2) is 0 Å². The lowest BCUT2D eigenvalue weighted by atomic mass is 10.1. The number of nitrogens with zero attached hydrogens (tertiary/aromatic N) is 2. The van der Waals surface area contributed by atoms with Crippen LogP contribution in [0.2, 0.25) is 10.0 Å². The molecular weight excluding hydrogens is 569 g/mol. The maximum absolute atomic E-state index is 14.0. The SMILES string of the molecule is CCC(C(=O)NC(C)(C)C)N(CCc1ccccc1)C(=O)CN(c1cc(Cl)cc(Cl)c1)S(=O)(=O)c1ccccc1. The molecular formula is C30H35Cl2N3O4S. The van der Waals surface area contributed by atoms with E-state index in [0.29, 0.717) is 12.8 Å². The zero-order chi connectivity index (χ0) is 29.5. The maximum Gasteiger partial charge on any atom is 0.264 e. The number of rotatable bonds is 11. The van der Waals surface area contributed by atoms with Crippen molar-refractivity contribution >= 4 is 50.7 Å². The van der Waals surface area contributed by atoms with Gasteiger partial charge in [0, 0.05) is 22.1 Å². The summed E-state index contributed by atoms with van der Waals surface area (Å²) >= 11 is 12.5. The highest BCUT2D eigenvalue weighted by molar-refractivity contribution is 7.92. The Hall–Kier alpha value is -3.07. The number of sulfonamides is 1. The number of benzene rings is 3. The lowest BCUT2D eigenvalue weighted by molar-refractivity contribution is -0.140. The Labute approximate surface area is 247 Å². The van der Waals surface area contributed by atoms with Crippen LogP contribution in [0.4, 0.5) is 5.69 Å². The molecule has 214 valence electrons. The lowest BCUT2D eigenvalue weighted by Gasteiger charge is -2.34. The largest absolute Gasteiger partial charge is 0.350 e. The lowest BCUT2D eigenvalue weighted by Crippen LogP contribution is -2.56. The molecule has 0 bridgehead atoms. The van der Waals surface area contributed by atoms with Crippen LogP contribution in [0.5, 0.6) is 0 Å². The molecule has 1 N–H and O–H groups in total. The van der Waals surface area contributed by atoms with Gasteiger partial charge in [-0.25, -0.2) is 8.42 Å². The van der Waals surface area contributed by atoms with E-state index in [1.54, 1.807) is 18.2 Å². The quantitative estimate of drug-likeness (QED) is 0.293. The van der Waals surface area contributed by atoms with Gasteiger partial charge in [-0.1, -0.05) is 78.7 Å². The van der Waals surface area contributed by atoms with Gasteiger partial charge in [-0.15, -0.1) is 0 Å². The highest BCUT2D eigenvalue weighted by atomic mass is 35.5. The van der Waals surface area contributed by atoms with Gasteiger partial charge in [0.2, 0.25) is 11.8 Å². The molecule has 0 saturated carbocycles. The van der Waals surface area contributed by atoms with E-state index in [1.807, 2.05) is 58.0 Å². The van der Waals surface area contributed by atoms with E-state index >= 15 is 0 Å². The monoisotopic (exact) mass is 603 g/mol. The molecule has 7 nitrogen and oxygen atoms in total. The standard InChI is InChI=1S/C30H35Cl2N3O4S/c1-5-27(29(37)33-30(2,3)4)34(17-16-22-12-8-6-9-13-22)28(36)21-35(25-19-23(31)18-24(32)20-25)40(38,39)26-14-10-7-11-15-26/h6-15,18-20,27H,5,16-17,21H2,1-4H3,(H,33,37). The Bertz CT molecular complexity index is 1390. The zero-order valence-electron chi connectivity index (χ0n) is 23.1. The molecule has 1 atom stereocenters. The van der Waals surface area contributed by atoms with Crippen LogP contribution in [0.1, 0.15) is 39.7 Å². The van der Waals surface area contributed by atoms with Crippen LogP contribution in [-0.4, -0.2) is 49.8 Å². The van der Waals surface area contributed by atoms with Crippen LogP contribution in [0.25, 0.3) is 0 Å². The molecule has 3 rings (SSSR count). The Morgan fingerprint density at radius 3 is 1.98 bits per heavy atom. The Kier molecular flexibility index (Phi) is 10.6. The van der Waals surface area contributed by atoms with Gasteiger partial charge in [-0.2, -0.15) is 0 Å². The zero-order valence-corrected chi connectivity index (χ0v) is 25.4. The average molecular weight is 605 g/mol. The fourth-order valence-corrected chi connectivity index (χ4v) is 6.21. The fourth-order valence-electron chi connectivity index (χ4n) is 4.28. The molecule has 0 fully saturated rings. The smallest absolute Gasteiger partial charge is 0.264 e. The topological polar surface area (TPSA) is 86.8 Å². The van der Waals surface area contributed by atoms with Gasteiger partial charge in [-0.05, 0) is 69.5 Å². The van der Waals surface area contributed by atoms with E-state index in [9.17, 15) is 18.0 Å². The summed E-state index contributed by atoms with van der Waals surface area (Å²) in [6.07, 6.45) is 0.831. The number of hydrogen-bond donors (Lipinski definition) is 1. The molecule has 2 amide bonds. The van der Waals surface area contributed by atoms with Crippen LogP contribution >= 0.6 is 23.2 Å². The first kappa shape index (κ1) is 31.5. The van der Waals surface area contributed by atoms with Crippen molar-refractivity contribution in [1.29, 1.82) is 0 Å². The van der Waals surface area contributed by atoms with Gasteiger partial charge in [0.05, 0.1) is 10.6 Å². The molecule has 0 aliphatic rings. The summed E-state index contributed by atoms with van der Waals surface area (Å²) in [5, 5.41) is 3.40. The summed E-state index contributed by atoms with van der Waals surface area (Å²) < 4.78 is 28.7. The third-order valence-electron chi connectivity index (χ3n) is 6.11. The Morgan fingerprint density at radius 1 is 0.900 bits per heavy atom. The number of carbonyl (C=O) groups excluding carboxylic acids is 2. The first-order valence-electron chi connectivity index (χ1n) is 13.0. The van der Waals surface area contributed by atoms with Crippen LogP contribution in [0.3, 0.4) is 0 Å². The van der Waals surface area contributed by atoms with E-state index in [2.05, 4.69) is 5.32 Å². The highest BCUT2D eigenvalue weighted by Gasteiger charge is 2.34. The summed E-state index contributed by atoms with van der Waals surface area (Å²) in [7, 11) is -4.20. The van der Waals surface area contributed by atoms with Gasteiger partial charge >= 0.3 is 0 Å². The van der Waals surface area contributed by atoms with Gasteiger partial charge in [0.25, 0.3) is 10.0 Å². The van der Waals surface area contributed by atoms with Crippen molar-refractivity contribution in [2.24, 2.45) is 0 Å². The van der Waals surface area contributed by atoms with Gasteiger partial charge in [0.1, 0.15) is 12.6 Å². The molecule has 40 heavy (non-hydrogen) atoms. The molecule has 10 heteroatoms. The molecule has 3 aromatic carbocycles. The van der Waals surface area contributed by atoms with E-state index in [1.165, 1.54) is 35.2 Å². The molecule has 0 aromatic heterocycles. The van der Waals surface area contributed by atoms with Crippen LogP contribution < -0.4 is 9.62 Å². The number of carbonyl (C=O) groups is 2. The van der Waals surface area contributed by atoms with E-state index in [-0.39, 0.29) is 33.1 Å². The second kappa shape index (κ2) is 13.5. The number of hydrogen-bond acceptors (Lipinski definition) is 4. The second-order valence-corrected chi connectivity index (χ2v) is 13.2. The summed E-state index contributed by atoms with van der Waals surface area (Å²) in [5.41, 5.74) is 0.616. The van der Waals surface area contributed by atoms with E-state index in [4.69, 9.17) is 23.2 Å². The number of anilines is 1. The van der Waals surface area contributed by atoms with Crippen molar-refractivity contribution in [2.75, 3.05) is 17.4 Å². The normalized spacial score (nSPS) is 12.4. The number of amides is 2. The molecule has 0 saturated heterocycles. The van der Waals surface area contributed by atoms with Crippen LogP contribution in [-0.2, 0) is 26.0 Å². The Balaban J connectivity index is 2.04. The van der Waals surface area contributed by atoms with Gasteiger partial charge < -0.3 is 10.2 Å². The minimum absolute atomic E-state index is 0.00671. The molecule has 1 unspecified atom stereocenters. The minimum atomic E-state index is -4.20. The van der Waals surface area contributed by atoms with Crippen LogP contribution in [0.15, 0.2) is 83.8 Å². The Morgan fingerprint density at radius 2 is 1.45 bits per heavy atom. The van der Waals surface area contributed by atoms with Crippen LogP contribution in [0, 0.1) is 0 Å².